The average Bonchev–Trinajstić information content (AvgIpc) is 2.61. The van der Waals surface area contributed by atoms with Crippen LogP contribution in [0.3, 0.4) is 0 Å². The number of morpholine rings is 1. The molecule has 2 saturated heterocycles. The molecule has 4 amide bonds. The van der Waals surface area contributed by atoms with E-state index in [0.29, 0.717) is 25.2 Å². The molecule has 1 atom stereocenters. The number of barbiturate groups is 1. The molecule has 0 aromatic heterocycles. The monoisotopic (exact) mass is 332 g/mol. The van der Waals surface area contributed by atoms with E-state index in [-0.39, 0.29) is 6.67 Å². The third-order valence-corrected chi connectivity index (χ3v) is 4.84. The topological polar surface area (TPSA) is 80.2 Å². The molecule has 1 aromatic rings. The van der Waals surface area contributed by atoms with E-state index >= 15 is 0 Å². The van der Waals surface area contributed by atoms with Gasteiger partial charge in [-0.05, 0) is 12.0 Å². The van der Waals surface area contributed by atoms with Crippen molar-refractivity contribution in [3.8, 4) is 0 Å². The number of imide groups is 2. The molecule has 1 aromatic carbocycles. The van der Waals surface area contributed by atoms with Gasteiger partial charge in [0, 0.05) is 0 Å². The minimum Gasteiger partial charge on any atom is -0.370 e. The molecule has 2 aliphatic rings. The lowest BCUT2D eigenvalue weighted by molar-refractivity contribution is -0.915. The Morgan fingerprint density at radius 2 is 1.83 bits per heavy atom. The molecule has 0 aliphatic carbocycles. The molecule has 0 bridgehead atoms. The van der Waals surface area contributed by atoms with Crippen molar-refractivity contribution in [1.29, 1.82) is 0 Å². The van der Waals surface area contributed by atoms with Gasteiger partial charge < -0.3 is 9.64 Å². The number of hydrogen-bond acceptors (Lipinski definition) is 4. The average molecular weight is 332 g/mol. The lowest BCUT2D eigenvalue weighted by Gasteiger charge is -2.40. The number of benzene rings is 1. The summed E-state index contributed by atoms with van der Waals surface area (Å²) in [6.45, 7) is 4.71. The molecular weight excluding hydrogens is 310 g/mol. The Bertz CT molecular complexity index is 642. The molecule has 0 spiro atoms. The number of carbonyl (C=O) groups is 3. The molecule has 0 radical (unpaired) electrons. The first-order chi connectivity index (χ1) is 11.6. The second kappa shape index (κ2) is 6.70. The highest BCUT2D eigenvalue weighted by Crippen LogP contribution is 2.33. The summed E-state index contributed by atoms with van der Waals surface area (Å²) in [6, 6.07) is 8.30. The molecule has 2 fully saturated rings. The van der Waals surface area contributed by atoms with E-state index in [1.54, 1.807) is 31.2 Å². The fourth-order valence-corrected chi connectivity index (χ4v) is 3.37. The standard InChI is InChI=1S/C17H21N3O4/c1-2-17(13-6-4-3-5-7-13)14(21)18-16(23)20(15(17)22)12-19-8-10-24-11-9-19/h3-7H,2,8-12H2,1H3,(H,18,21,23)/p+1. The van der Waals surface area contributed by atoms with Crippen molar-refractivity contribution in [2.24, 2.45) is 0 Å². The number of urea groups is 1. The minimum atomic E-state index is -1.35. The maximum absolute atomic E-state index is 13.2. The second-order valence-corrected chi connectivity index (χ2v) is 6.14. The quantitative estimate of drug-likeness (QED) is 0.714. The molecule has 2 N–H and O–H groups in total. The summed E-state index contributed by atoms with van der Waals surface area (Å²) in [5.41, 5.74) is -0.731. The molecule has 3 rings (SSSR count). The summed E-state index contributed by atoms with van der Waals surface area (Å²) in [5, 5.41) is 2.37. The number of hydrogen-bond donors (Lipinski definition) is 2. The largest absolute Gasteiger partial charge is 0.370 e. The van der Waals surface area contributed by atoms with Crippen molar-refractivity contribution in [2.75, 3.05) is 33.0 Å². The van der Waals surface area contributed by atoms with E-state index < -0.39 is 23.3 Å². The van der Waals surface area contributed by atoms with Crippen molar-refractivity contribution >= 4 is 17.8 Å². The van der Waals surface area contributed by atoms with E-state index in [9.17, 15) is 14.4 Å². The maximum Gasteiger partial charge on any atom is 0.335 e. The minimum absolute atomic E-state index is 0.246. The first-order valence-corrected chi connectivity index (χ1v) is 8.24. The van der Waals surface area contributed by atoms with Crippen LogP contribution in [-0.4, -0.2) is 55.7 Å². The van der Waals surface area contributed by atoms with Crippen LogP contribution >= 0.6 is 0 Å². The Hall–Kier alpha value is -2.25. The van der Waals surface area contributed by atoms with Gasteiger partial charge in [-0.3, -0.25) is 14.9 Å². The lowest BCUT2D eigenvalue weighted by Crippen LogP contribution is -3.16. The number of carbonyl (C=O) groups excluding carboxylic acids is 3. The fourth-order valence-electron chi connectivity index (χ4n) is 3.37. The van der Waals surface area contributed by atoms with E-state index in [1.165, 1.54) is 4.90 Å². The molecule has 2 aliphatic heterocycles. The zero-order valence-corrected chi connectivity index (χ0v) is 13.7. The number of amides is 4. The highest BCUT2D eigenvalue weighted by atomic mass is 16.5. The molecule has 128 valence electrons. The van der Waals surface area contributed by atoms with Gasteiger partial charge in [0.05, 0.1) is 13.2 Å². The predicted octanol–water partition coefficient (Wildman–Crippen LogP) is -0.715. The Labute approximate surface area is 140 Å². The van der Waals surface area contributed by atoms with Gasteiger partial charge in [-0.25, -0.2) is 9.69 Å². The molecule has 24 heavy (non-hydrogen) atoms. The van der Waals surface area contributed by atoms with Crippen LogP contribution in [0.2, 0.25) is 0 Å². The van der Waals surface area contributed by atoms with E-state index in [4.69, 9.17) is 4.74 Å². The Morgan fingerprint density at radius 1 is 1.17 bits per heavy atom. The van der Waals surface area contributed by atoms with Crippen molar-refractivity contribution < 1.29 is 24.0 Å². The van der Waals surface area contributed by atoms with Gasteiger partial charge in [-0.15, -0.1) is 0 Å². The molecule has 1 unspecified atom stereocenters. The smallest absolute Gasteiger partial charge is 0.335 e. The van der Waals surface area contributed by atoms with Gasteiger partial charge in [0.2, 0.25) is 5.91 Å². The maximum atomic E-state index is 13.2. The normalized spacial score (nSPS) is 25.7. The number of nitrogens with one attached hydrogen (secondary N) is 2. The van der Waals surface area contributed by atoms with Crippen LogP contribution in [-0.2, 0) is 19.7 Å². The second-order valence-electron chi connectivity index (χ2n) is 6.14. The molecular formula is C17H22N3O4+. The van der Waals surface area contributed by atoms with Crippen molar-refractivity contribution in [1.82, 2.24) is 10.2 Å². The van der Waals surface area contributed by atoms with Gasteiger partial charge >= 0.3 is 6.03 Å². The van der Waals surface area contributed by atoms with Gasteiger partial charge in [0.15, 0.2) is 12.1 Å². The number of ether oxygens (including phenoxy) is 1. The lowest BCUT2D eigenvalue weighted by atomic mass is 9.75. The van der Waals surface area contributed by atoms with Crippen LogP contribution < -0.4 is 10.2 Å². The van der Waals surface area contributed by atoms with E-state index in [1.807, 2.05) is 6.07 Å². The zero-order chi connectivity index (χ0) is 17.2. The van der Waals surface area contributed by atoms with Crippen LogP contribution in [0, 0.1) is 0 Å². The number of nitrogens with zero attached hydrogens (tertiary/aromatic N) is 1. The van der Waals surface area contributed by atoms with Crippen LogP contribution in [0.15, 0.2) is 30.3 Å². The van der Waals surface area contributed by atoms with E-state index in [0.717, 1.165) is 18.0 Å². The highest BCUT2D eigenvalue weighted by Gasteiger charge is 2.54. The SMILES string of the molecule is CCC1(c2ccccc2)C(=O)NC(=O)N(C[NH+]2CCOCC2)C1=O. The first kappa shape index (κ1) is 16.6. The number of rotatable bonds is 4. The van der Waals surface area contributed by atoms with Gasteiger partial charge in [0.25, 0.3) is 5.91 Å². The van der Waals surface area contributed by atoms with Crippen molar-refractivity contribution in [2.45, 2.75) is 18.8 Å². The van der Waals surface area contributed by atoms with Gasteiger partial charge in [0.1, 0.15) is 13.1 Å². The Morgan fingerprint density at radius 3 is 2.46 bits per heavy atom. The van der Waals surface area contributed by atoms with E-state index in [2.05, 4.69) is 5.32 Å². The van der Waals surface area contributed by atoms with Crippen molar-refractivity contribution in [3.05, 3.63) is 35.9 Å². The summed E-state index contributed by atoms with van der Waals surface area (Å²) in [6.07, 6.45) is 0.296. The molecule has 7 nitrogen and oxygen atoms in total. The van der Waals surface area contributed by atoms with Crippen LogP contribution in [0.5, 0.6) is 0 Å². The van der Waals surface area contributed by atoms with Gasteiger partial charge in [-0.1, -0.05) is 37.3 Å². The summed E-state index contributed by atoms with van der Waals surface area (Å²) >= 11 is 0. The fraction of sp³-hybridized carbons (Fsp3) is 0.471. The summed E-state index contributed by atoms with van der Waals surface area (Å²) in [7, 11) is 0. The summed E-state index contributed by atoms with van der Waals surface area (Å²) in [4.78, 5) is 40.3. The third kappa shape index (κ3) is 2.70. The Balaban J connectivity index is 1.92. The van der Waals surface area contributed by atoms with Crippen LogP contribution in [0.1, 0.15) is 18.9 Å². The third-order valence-electron chi connectivity index (χ3n) is 4.84. The molecule has 7 heteroatoms. The summed E-state index contributed by atoms with van der Waals surface area (Å²) < 4.78 is 5.31. The van der Waals surface area contributed by atoms with Crippen LogP contribution in [0.4, 0.5) is 4.79 Å². The highest BCUT2D eigenvalue weighted by molar-refractivity contribution is 6.22. The molecule has 2 heterocycles. The summed E-state index contributed by atoms with van der Waals surface area (Å²) in [5.74, 6) is -0.983. The predicted molar refractivity (Wildman–Crippen MR) is 85.2 cm³/mol. The Kier molecular flexibility index (Phi) is 4.64. The first-order valence-electron chi connectivity index (χ1n) is 8.24. The van der Waals surface area contributed by atoms with Gasteiger partial charge in [-0.2, -0.15) is 0 Å². The zero-order valence-electron chi connectivity index (χ0n) is 13.7. The number of quaternary nitrogens is 1. The van der Waals surface area contributed by atoms with Crippen molar-refractivity contribution in [3.63, 3.8) is 0 Å². The molecule has 0 saturated carbocycles. The van der Waals surface area contributed by atoms with Crippen LogP contribution in [0.25, 0.3) is 0 Å².